The van der Waals surface area contributed by atoms with Crippen LogP contribution in [0.4, 0.5) is 0 Å². The number of carbonyl (C=O) groups is 2. The highest BCUT2D eigenvalue weighted by Gasteiger charge is 2.51. The Morgan fingerprint density at radius 3 is 2.08 bits per heavy atom. The van der Waals surface area contributed by atoms with Crippen molar-refractivity contribution in [3.8, 4) is 5.75 Å². The van der Waals surface area contributed by atoms with Crippen LogP contribution < -0.4 is 4.74 Å². The third-order valence-electron chi connectivity index (χ3n) is 4.69. The summed E-state index contributed by atoms with van der Waals surface area (Å²) in [6.45, 7) is 6.00. The average Bonchev–Trinajstić information content (AvgIpc) is 2.63. The lowest BCUT2D eigenvalue weighted by atomic mass is 9.70. The molecule has 0 heterocycles. The van der Waals surface area contributed by atoms with Gasteiger partial charge in [-0.2, -0.15) is 0 Å². The van der Waals surface area contributed by atoms with Gasteiger partial charge in [-0.3, -0.25) is 9.59 Å². The van der Waals surface area contributed by atoms with Crippen molar-refractivity contribution in [2.75, 3.05) is 20.3 Å². The summed E-state index contributed by atoms with van der Waals surface area (Å²) < 4.78 is 15.7. The zero-order valence-corrected chi connectivity index (χ0v) is 15.4. The quantitative estimate of drug-likeness (QED) is 0.580. The Labute approximate surface area is 149 Å². The molecule has 1 aromatic carbocycles. The lowest BCUT2D eigenvalue weighted by Crippen LogP contribution is -2.44. The fraction of sp³-hybridized carbons (Fsp3) is 0.500. The molecule has 0 unspecified atom stereocenters. The molecule has 0 atom stereocenters. The van der Waals surface area contributed by atoms with Crippen LogP contribution in [-0.2, 0) is 19.1 Å². The number of rotatable bonds is 6. The van der Waals surface area contributed by atoms with Gasteiger partial charge >= 0.3 is 11.9 Å². The Bertz CT molecular complexity index is 639. The van der Waals surface area contributed by atoms with Crippen molar-refractivity contribution in [1.82, 2.24) is 0 Å². The van der Waals surface area contributed by atoms with Crippen molar-refractivity contribution in [2.45, 2.75) is 40.0 Å². The highest BCUT2D eigenvalue weighted by Crippen LogP contribution is 2.45. The monoisotopic (exact) mass is 346 g/mol. The molecular formula is C20H26O5. The summed E-state index contributed by atoms with van der Waals surface area (Å²) in [5.41, 5.74) is 1.89. The van der Waals surface area contributed by atoms with E-state index >= 15 is 0 Å². The van der Waals surface area contributed by atoms with Crippen LogP contribution in [0.5, 0.6) is 5.75 Å². The molecule has 0 amide bonds. The lowest BCUT2D eigenvalue weighted by molar-refractivity contribution is -0.172. The van der Waals surface area contributed by atoms with E-state index in [-0.39, 0.29) is 13.2 Å². The van der Waals surface area contributed by atoms with E-state index in [4.69, 9.17) is 14.2 Å². The maximum Gasteiger partial charge on any atom is 0.323 e. The van der Waals surface area contributed by atoms with Gasteiger partial charge in [-0.15, -0.1) is 0 Å². The molecular weight excluding hydrogens is 320 g/mol. The van der Waals surface area contributed by atoms with Crippen LogP contribution >= 0.6 is 0 Å². The Balaban J connectivity index is 2.41. The number of benzene rings is 1. The number of carbonyl (C=O) groups excluding carboxylic acids is 2. The first kappa shape index (κ1) is 19.0. The SMILES string of the molecule is CCOC(=O)C1(C(=O)OCC)CCC(C)=C(c2ccc(OC)cc2)C1. The molecule has 5 heteroatoms. The van der Waals surface area contributed by atoms with Gasteiger partial charge in [0.1, 0.15) is 5.75 Å². The van der Waals surface area contributed by atoms with Crippen molar-refractivity contribution in [3.63, 3.8) is 0 Å². The van der Waals surface area contributed by atoms with Crippen molar-refractivity contribution < 1.29 is 23.8 Å². The molecule has 1 aliphatic carbocycles. The van der Waals surface area contributed by atoms with Crippen molar-refractivity contribution in [2.24, 2.45) is 5.41 Å². The molecule has 2 rings (SSSR count). The predicted molar refractivity (Wildman–Crippen MR) is 95.1 cm³/mol. The summed E-state index contributed by atoms with van der Waals surface area (Å²) in [6, 6.07) is 7.65. The third kappa shape index (κ3) is 3.86. The van der Waals surface area contributed by atoms with E-state index < -0.39 is 17.4 Å². The van der Waals surface area contributed by atoms with E-state index in [1.165, 1.54) is 5.57 Å². The molecule has 1 aromatic rings. The van der Waals surface area contributed by atoms with Crippen LogP contribution in [0.2, 0.25) is 0 Å². The second-order valence-electron chi connectivity index (χ2n) is 6.19. The maximum absolute atomic E-state index is 12.7. The van der Waals surface area contributed by atoms with Gasteiger partial charge in [-0.25, -0.2) is 0 Å². The van der Waals surface area contributed by atoms with Crippen molar-refractivity contribution in [3.05, 3.63) is 35.4 Å². The number of ether oxygens (including phenoxy) is 3. The first-order valence-corrected chi connectivity index (χ1v) is 8.66. The van der Waals surface area contributed by atoms with Gasteiger partial charge < -0.3 is 14.2 Å². The van der Waals surface area contributed by atoms with E-state index in [0.29, 0.717) is 19.3 Å². The minimum absolute atomic E-state index is 0.237. The van der Waals surface area contributed by atoms with Gasteiger partial charge in [0, 0.05) is 0 Å². The smallest absolute Gasteiger partial charge is 0.323 e. The van der Waals surface area contributed by atoms with Crippen LogP contribution in [0.25, 0.3) is 5.57 Å². The van der Waals surface area contributed by atoms with E-state index in [0.717, 1.165) is 16.9 Å². The zero-order valence-electron chi connectivity index (χ0n) is 15.4. The molecule has 25 heavy (non-hydrogen) atoms. The molecule has 0 radical (unpaired) electrons. The normalized spacial score (nSPS) is 16.3. The molecule has 0 saturated carbocycles. The van der Waals surface area contributed by atoms with Crippen molar-refractivity contribution in [1.29, 1.82) is 0 Å². The Hall–Kier alpha value is -2.30. The summed E-state index contributed by atoms with van der Waals surface area (Å²) in [5.74, 6) is -0.223. The largest absolute Gasteiger partial charge is 0.497 e. The molecule has 136 valence electrons. The Morgan fingerprint density at radius 1 is 1.04 bits per heavy atom. The van der Waals surface area contributed by atoms with E-state index in [9.17, 15) is 9.59 Å². The van der Waals surface area contributed by atoms with Gasteiger partial charge in [-0.1, -0.05) is 17.7 Å². The minimum atomic E-state index is -1.26. The number of methoxy groups -OCH3 is 1. The summed E-state index contributed by atoms with van der Waals surface area (Å²) >= 11 is 0. The summed E-state index contributed by atoms with van der Waals surface area (Å²) in [4.78, 5) is 25.3. The molecule has 0 saturated heterocycles. The summed E-state index contributed by atoms with van der Waals surface area (Å²) in [5, 5.41) is 0. The third-order valence-corrected chi connectivity index (χ3v) is 4.69. The van der Waals surface area contributed by atoms with E-state index in [2.05, 4.69) is 0 Å². The molecule has 0 spiro atoms. The van der Waals surface area contributed by atoms with Crippen LogP contribution in [0.1, 0.15) is 45.6 Å². The van der Waals surface area contributed by atoms with Crippen LogP contribution in [-0.4, -0.2) is 32.3 Å². The molecule has 1 aliphatic rings. The summed E-state index contributed by atoms with van der Waals surface area (Å²) in [6.07, 6.45) is 1.36. The molecule has 0 N–H and O–H groups in total. The minimum Gasteiger partial charge on any atom is -0.497 e. The Morgan fingerprint density at radius 2 is 1.60 bits per heavy atom. The molecule has 0 bridgehead atoms. The predicted octanol–water partition coefficient (Wildman–Crippen LogP) is 3.77. The maximum atomic E-state index is 12.7. The van der Waals surface area contributed by atoms with Gasteiger partial charge in [0.2, 0.25) is 0 Å². The topological polar surface area (TPSA) is 61.8 Å². The number of allylic oxidation sites excluding steroid dienone is 2. The van der Waals surface area contributed by atoms with E-state index in [1.54, 1.807) is 21.0 Å². The Kier molecular flexibility index (Phi) is 6.23. The molecule has 0 aliphatic heterocycles. The number of esters is 2. The van der Waals surface area contributed by atoms with Crippen LogP contribution in [0, 0.1) is 5.41 Å². The molecule has 0 fully saturated rings. The number of hydrogen-bond acceptors (Lipinski definition) is 5. The lowest BCUT2D eigenvalue weighted by Gasteiger charge is -2.34. The fourth-order valence-electron chi connectivity index (χ4n) is 3.20. The molecule has 5 nitrogen and oxygen atoms in total. The second kappa shape index (κ2) is 8.19. The summed E-state index contributed by atoms with van der Waals surface area (Å²) in [7, 11) is 1.62. The standard InChI is InChI=1S/C20H26O5/c1-5-24-18(21)20(19(22)25-6-2)12-11-14(3)17(13-20)15-7-9-16(23-4)10-8-15/h7-10H,5-6,11-13H2,1-4H3. The average molecular weight is 346 g/mol. The van der Waals surface area contributed by atoms with Crippen LogP contribution in [0.3, 0.4) is 0 Å². The van der Waals surface area contributed by atoms with E-state index in [1.807, 2.05) is 31.2 Å². The van der Waals surface area contributed by atoms with Gasteiger partial charge in [0.15, 0.2) is 5.41 Å². The fourth-order valence-corrected chi connectivity index (χ4v) is 3.20. The first-order chi connectivity index (χ1) is 12.0. The van der Waals surface area contributed by atoms with Crippen LogP contribution in [0.15, 0.2) is 29.8 Å². The first-order valence-electron chi connectivity index (χ1n) is 8.66. The van der Waals surface area contributed by atoms with Gasteiger partial charge in [-0.05, 0) is 63.3 Å². The molecule has 0 aromatic heterocycles. The number of hydrogen-bond donors (Lipinski definition) is 0. The highest BCUT2D eigenvalue weighted by atomic mass is 16.6. The zero-order chi connectivity index (χ0) is 18.4. The highest BCUT2D eigenvalue weighted by molar-refractivity contribution is 6.02. The van der Waals surface area contributed by atoms with Crippen molar-refractivity contribution >= 4 is 17.5 Å². The van der Waals surface area contributed by atoms with Gasteiger partial charge in [0.25, 0.3) is 0 Å². The van der Waals surface area contributed by atoms with Gasteiger partial charge in [0.05, 0.1) is 20.3 Å². The second-order valence-corrected chi connectivity index (χ2v) is 6.19.